The molecule has 0 N–H and O–H groups in total. The predicted molar refractivity (Wildman–Crippen MR) is 122 cm³/mol. The summed E-state index contributed by atoms with van der Waals surface area (Å²) in [6.07, 6.45) is 6.69. The van der Waals surface area contributed by atoms with E-state index in [1.807, 2.05) is 13.0 Å². The summed E-state index contributed by atoms with van der Waals surface area (Å²) >= 11 is 0. The fraction of sp³-hybridized carbons (Fsp3) is 0.778. The van der Waals surface area contributed by atoms with Crippen LogP contribution in [0.4, 0.5) is 0 Å². The highest BCUT2D eigenvalue weighted by Gasteiger charge is 2.64. The summed E-state index contributed by atoms with van der Waals surface area (Å²) in [5.74, 6) is 0.308. The molecule has 0 aliphatic heterocycles. The minimum atomic E-state index is -0.622. The number of rotatable bonds is 5. The van der Waals surface area contributed by atoms with Gasteiger partial charge in [0.05, 0.1) is 0 Å². The zero-order valence-corrected chi connectivity index (χ0v) is 20.6. The fourth-order valence-electron chi connectivity index (χ4n) is 8.05. The molecule has 33 heavy (non-hydrogen) atoms. The van der Waals surface area contributed by atoms with Crippen LogP contribution in [0.5, 0.6) is 0 Å². The van der Waals surface area contributed by atoms with Gasteiger partial charge >= 0.3 is 11.9 Å². The lowest BCUT2D eigenvalue weighted by Crippen LogP contribution is -2.54. The maximum Gasteiger partial charge on any atom is 0.303 e. The van der Waals surface area contributed by atoms with Gasteiger partial charge in [0, 0.05) is 38.0 Å². The topological polar surface area (TPSA) is 86.7 Å². The number of ketones is 2. The Labute approximate surface area is 196 Å². The van der Waals surface area contributed by atoms with Gasteiger partial charge in [-0.05, 0) is 67.8 Å². The zero-order chi connectivity index (χ0) is 24.1. The third-order valence-electron chi connectivity index (χ3n) is 9.54. The van der Waals surface area contributed by atoms with Crippen molar-refractivity contribution in [2.75, 3.05) is 0 Å². The number of ether oxygens (including phenoxy) is 2. The number of allylic oxidation sites excluding steroid dienone is 1. The van der Waals surface area contributed by atoms with Crippen molar-refractivity contribution in [2.45, 2.75) is 98.2 Å². The summed E-state index contributed by atoms with van der Waals surface area (Å²) in [5, 5.41) is 0. The van der Waals surface area contributed by atoms with Crippen molar-refractivity contribution in [3.8, 4) is 0 Å². The van der Waals surface area contributed by atoms with Crippen molar-refractivity contribution < 1.29 is 28.7 Å². The maximum atomic E-state index is 13.4. The first-order chi connectivity index (χ1) is 15.5. The lowest BCUT2D eigenvalue weighted by molar-refractivity contribution is -0.176. The van der Waals surface area contributed by atoms with Crippen LogP contribution in [-0.4, -0.2) is 35.7 Å². The number of hydrogen-bond acceptors (Lipinski definition) is 6. The number of esters is 2. The standard InChI is InChI=1S/C27H38O6/c1-6-22(32-15(2)28)25(33-16(3)29)20-14-23(31)27(5)12-10-21-19(24(20)27)8-7-17-13-18(30)9-11-26(17,21)4/h13,19-22,24-25H,6-12,14H2,1-5H3/t19-,20-,21+,22?,24-,25?,26+,27-/m1/s1. The number of carbonyl (C=O) groups excluding carboxylic acids is 4. The molecule has 0 aromatic rings. The van der Waals surface area contributed by atoms with E-state index in [9.17, 15) is 19.2 Å². The molecule has 0 heterocycles. The van der Waals surface area contributed by atoms with Gasteiger partial charge in [0.1, 0.15) is 18.0 Å². The third-order valence-corrected chi connectivity index (χ3v) is 9.54. The molecule has 3 fully saturated rings. The molecule has 0 spiro atoms. The first-order valence-electron chi connectivity index (χ1n) is 12.6. The highest BCUT2D eigenvalue weighted by atomic mass is 16.6. The minimum Gasteiger partial charge on any atom is -0.459 e. The highest BCUT2D eigenvalue weighted by molar-refractivity contribution is 5.91. The Bertz CT molecular complexity index is 889. The second-order valence-electron chi connectivity index (χ2n) is 11.3. The molecule has 6 nitrogen and oxygen atoms in total. The van der Waals surface area contributed by atoms with Crippen LogP contribution in [0.15, 0.2) is 11.6 Å². The predicted octanol–water partition coefficient (Wildman–Crippen LogP) is 4.59. The Morgan fingerprint density at radius 2 is 1.73 bits per heavy atom. The van der Waals surface area contributed by atoms with Crippen LogP contribution in [0.2, 0.25) is 0 Å². The van der Waals surface area contributed by atoms with E-state index in [0.717, 1.165) is 32.1 Å². The Kier molecular flexibility index (Phi) is 6.34. The Balaban J connectivity index is 1.73. The Morgan fingerprint density at radius 3 is 2.36 bits per heavy atom. The number of Topliss-reactive ketones (excluding diaryl/α,β-unsaturated/α-hetero) is 1. The lowest BCUT2D eigenvalue weighted by Gasteiger charge is -2.58. The van der Waals surface area contributed by atoms with E-state index in [1.54, 1.807) is 0 Å². The molecule has 4 rings (SSSR count). The van der Waals surface area contributed by atoms with E-state index < -0.39 is 29.6 Å². The molecule has 6 heteroatoms. The molecule has 0 bridgehead atoms. The average Bonchev–Trinajstić information content (AvgIpc) is 3.01. The molecule has 8 atom stereocenters. The SMILES string of the molecule is CCC(OC(C)=O)C(OC(C)=O)[C@@H]1CC(=O)[C@@]2(C)CC[C@H]3[C@@H](CCC4=CC(=O)CC[C@@]43C)[C@H]12. The largest absolute Gasteiger partial charge is 0.459 e. The van der Waals surface area contributed by atoms with E-state index in [0.29, 0.717) is 31.1 Å². The first kappa shape index (κ1) is 24.2. The summed E-state index contributed by atoms with van der Waals surface area (Å²) in [6, 6.07) is 0. The van der Waals surface area contributed by atoms with Gasteiger partial charge in [-0.3, -0.25) is 19.2 Å². The monoisotopic (exact) mass is 458 g/mol. The molecule has 0 aromatic carbocycles. The first-order valence-corrected chi connectivity index (χ1v) is 12.6. The van der Waals surface area contributed by atoms with Crippen LogP contribution >= 0.6 is 0 Å². The van der Waals surface area contributed by atoms with Gasteiger partial charge in [0.2, 0.25) is 0 Å². The van der Waals surface area contributed by atoms with E-state index in [1.165, 1.54) is 19.4 Å². The van der Waals surface area contributed by atoms with Gasteiger partial charge in [-0.1, -0.05) is 26.3 Å². The molecule has 0 aromatic heterocycles. The van der Waals surface area contributed by atoms with Gasteiger partial charge in [-0.15, -0.1) is 0 Å². The summed E-state index contributed by atoms with van der Waals surface area (Å²) in [6.45, 7) is 9.08. The minimum absolute atomic E-state index is 0.00862. The van der Waals surface area contributed by atoms with Gasteiger partial charge in [-0.25, -0.2) is 0 Å². The molecule has 4 aliphatic carbocycles. The number of fused-ring (bicyclic) bond motifs is 5. The van der Waals surface area contributed by atoms with E-state index in [2.05, 4.69) is 13.8 Å². The number of carbonyl (C=O) groups is 4. The zero-order valence-electron chi connectivity index (χ0n) is 20.6. The quantitative estimate of drug-likeness (QED) is 0.560. The average molecular weight is 459 g/mol. The van der Waals surface area contributed by atoms with E-state index >= 15 is 0 Å². The van der Waals surface area contributed by atoms with Crippen molar-refractivity contribution >= 4 is 23.5 Å². The summed E-state index contributed by atoms with van der Waals surface area (Å²) in [4.78, 5) is 49.5. The van der Waals surface area contributed by atoms with Crippen molar-refractivity contribution in [1.29, 1.82) is 0 Å². The molecule has 0 radical (unpaired) electrons. The van der Waals surface area contributed by atoms with E-state index in [4.69, 9.17) is 9.47 Å². The van der Waals surface area contributed by atoms with Gasteiger partial charge in [0.25, 0.3) is 0 Å². The van der Waals surface area contributed by atoms with Crippen LogP contribution in [0.3, 0.4) is 0 Å². The Morgan fingerprint density at radius 1 is 1.03 bits per heavy atom. The normalized spacial score (nSPS) is 39.5. The highest BCUT2D eigenvalue weighted by Crippen LogP contribution is 2.66. The van der Waals surface area contributed by atoms with Crippen LogP contribution in [0.1, 0.15) is 86.0 Å². The van der Waals surface area contributed by atoms with Crippen molar-refractivity contribution in [2.24, 2.45) is 34.5 Å². The summed E-state index contributed by atoms with van der Waals surface area (Å²) in [5.41, 5.74) is 0.832. The second-order valence-corrected chi connectivity index (χ2v) is 11.3. The van der Waals surface area contributed by atoms with Crippen LogP contribution in [-0.2, 0) is 28.7 Å². The smallest absolute Gasteiger partial charge is 0.303 e. The number of hydrogen-bond donors (Lipinski definition) is 0. The molecule has 2 unspecified atom stereocenters. The second kappa shape index (κ2) is 8.66. The molecule has 0 saturated heterocycles. The lowest BCUT2D eigenvalue weighted by atomic mass is 9.46. The van der Waals surface area contributed by atoms with E-state index in [-0.39, 0.29) is 28.8 Å². The molecule has 182 valence electrons. The van der Waals surface area contributed by atoms with Crippen LogP contribution < -0.4 is 0 Å². The van der Waals surface area contributed by atoms with Gasteiger partial charge < -0.3 is 9.47 Å². The summed E-state index contributed by atoms with van der Waals surface area (Å²) in [7, 11) is 0. The molecule has 3 saturated carbocycles. The van der Waals surface area contributed by atoms with Crippen molar-refractivity contribution in [3.63, 3.8) is 0 Å². The molecule has 0 amide bonds. The molecular formula is C27H38O6. The van der Waals surface area contributed by atoms with Gasteiger partial charge in [-0.2, -0.15) is 0 Å². The van der Waals surface area contributed by atoms with Crippen LogP contribution in [0.25, 0.3) is 0 Å². The Hall–Kier alpha value is -1.98. The maximum absolute atomic E-state index is 13.4. The molecule has 4 aliphatic rings. The summed E-state index contributed by atoms with van der Waals surface area (Å²) < 4.78 is 11.4. The van der Waals surface area contributed by atoms with Gasteiger partial charge in [0.15, 0.2) is 5.78 Å². The fourth-order valence-corrected chi connectivity index (χ4v) is 8.05. The van der Waals surface area contributed by atoms with Crippen LogP contribution in [0, 0.1) is 34.5 Å². The van der Waals surface area contributed by atoms with Crippen molar-refractivity contribution in [3.05, 3.63) is 11.6 Å². The van der Waals surface area contributed by atoms with Crippen molar-refractivity contribution in [1.82, 2.24) is 0 Å². The molecular weight excluding hydrogens is 420 g/mol. The third kappa shape index (κ3) is 3.97.